The summed E-state index contributed by atoms with van der Waals surface area (Å²) in [7, 11) is 4.28. The van der Waals surface area contributed by atoms with Crippen LogP contribution in [0.4, 0.5) is 0 Å². The Hall–Kier alpha value is -0.820. The predicted octanol–water partition coefficient (Wildman–Crippen LogP) is 3.38. The van der Waals surface area contributed by atoms with E-state index < -0.39 is 0 Å². The second kappa shape index (κ2) is 5.92. The Kier molecular flexibility index (Phi) is 4.83. The van der Waals surface area contributed by atoms with E-state index in [1.54, 1.807) is 0 Å². The van der Waals surface area contributed by atoms with Crippen molar-refractivity contribution in [3.63, 3.8) is 0 Å². The van der Waals surface area contributed by atoms with Gasteiger partial charge in [0.05, 0.1) is 0 Å². The molecule has 0 spiro atoms. The molecule has 0 heterocycles. The first-order chi connectivity index (χ1) is 7.11. The lowest BCUT2D eigenvalue weighted by Gasteiger charge is -2.23. The van der Waals surface area contributed by atoms with E-state index >= 15 is 0 Å². The molecule has 84 valence electrons. The van der Waals surface area contributed by atoms with Crippen LogP contribution in [-0.4, -0.2) is 25.5 Å². The molecule has 0 aliphatic heterocycles. The van der Waals surface area contributed by atoms with E-state index in [0.717, 1.165) is 6.54 Å². The summed E-state index contributed by atoms with van der Waals surface area (Å²) in [4.78, 5) is 2.26. The second-order valence-electron chi connectivity index (χ2n) is 4.85. The third-order valence-electron chi connectivity index (χ3n) is 2.92. The molecular weight excluding hydrogens is 182 g/mol. The van der Waals surface area contributed by atoms with Gasteiger partial charge in [-0.3, -0.25) is 0 Å². The molecule has 0 aromatic heterocycles. The molecule has 0 saturated carbocycles. The zero-order chi connectivity index (χ0) is 11.3. The van der Waals surface area contributed by atoms with E-state index in [4.69, 9.17) is 0 Å². The molecule has 0 aliphatic rings. The fourth-order valence-electron chi connectivity index (χ4n) is 1.98. The van der Waals surface area contributed by atoms with Crippen LogP contribution < -0.4 is 0 Å². The van der Waals surface area contributed by atoms with Gasteiger partial charge in [-0.05, 0) is 44.5 Å². The molecule has 0 amide bonds. The molecular formula is C14H23N. The minimum atomic E-state index is 0.689. The van der Waals surface area contributed by atoms with Crippen molar-refractivity contribution < 1.29 is 0 Å². The molecule has 1 rings (SSSR count). The third kappa shape index (κ3) is 4.05. The van der Waals surface area contributed by atoms with Crippen LogP contribution in [-0.2, 0) is 0 Å². The van der Waals surface area contributed by atoms with Gasteiger partial charge in [0.25, 0.3) is 0 Å². The summed E-state index contributed by atoms with van der Waals surface area (Å²) < 4.78 is 0. The second-order valence-corrected chi connectivity index (χ2v) is 4.85. The molecule has 0 aliphatic carbocycles. The van der Waals surface area contributed by atoms with E-state index in [2.05, 4.69) is 63.2 Å². The fraction of sp³-hybridized carbons (Fsp3) is 0.571. The lowest BCUT2D eigenvalue weighted by Crippen LogP contribution is -2.18. The van der Waals surface area contributed by atoms with Crippen LogP contribution >= 0.6 is 0 Å². The molecule has 0 radical (unpaired) electrons. The highest BCUT2D eigenvalue weighted by molar-refractivity contribution is 5.19. The topological polar surface area (TPSA) is 3.24 Å². The van der Waals surface area contributed by atoms with Gasteiger partial charge in [-0.15, -0.1) is 0 Å². The van der Waals surface area contributed by atoms with E-state index in [-0.39, 0.29) is 0 Å². The van der Waals surface area contributed by atoms with Crippen LogP contribution in [0.2, 0.25) is 0 Å². The Balaban J connectivity index is 2.66. The summed E-state index contributed by atoms with van der Waals surface area (Å²) in [6.45, 7) is 5.79. The maximum absolute atomic E-state index is 2.31. The number of hydrogen-bond acceptors (Lipinski definition) is 1. The SMILES string of the molecule is CC(C)[C@H](CCN(C)C)c1ccccc1. The van der Waals surface area contributed by atoms with Crippen LogP contribution in [0.25, 0.3) is 0 Å². The molecule has 0 saturated heterocycles. The Morgan fingerprint density at radius 3 is 2.13 bits per heavy atom. The average Bonchev–Trinajstić information content (AvgIpc) is 2.18. The van der Waals surface area contributed by atoms with Gasteiger partial charge in [-0.2, -0.15) is 0 Å². The number of hydrogen-bond donors (Lipinski definition) is 0. The van der Waals surface area contributed by atoms with Gasteiger partial charge < -0.3 is 4.90 Å². The lowest BCUT2D eigenvalue weighted by atomic mass is 9.86. The fourth-order valence-corrected chi connectivity index (χ4v) is 1.98. The van der Waals surface area contributed by atoms with Crippen LogP contribution in [0.3, 0.4) is 0 Å². The molecule has 1 aromatic carbocycles. The maximum atomic E-state index is 2.31. The zero-order valence-corrected chi connectivity index (χ0v) is 10.4. The summed E-state index contributed by atoms with van der Waals surface area (Å²) in [5.41, 5.74) is 1.48. The van der Waals surface area contributed by atoms with Crippen molar-refractivity contribution in [2.24, 2.45) is 5.92 Å². The van der Waals surface area contributed by atoms with E-state index in [1.165, 1.54) is 12.0 Å². The maximum Gasteiger partial charge on any atom is -0.00189 e. The van der Waals surface area contributed by atoms with Gasteiger partial charge in [-0.25, -0.2) is 0 Å². The van der Waals surface area contributed by atoms with Crippen molar-refractivity contribution in [3.8, 4) is 0 Å². The van der Waals surface area contributed by atoms with Crippen molar-refractivity contribution in [3.05, 3.63) is 35.9 Å². The Morgan fingerprint density at radius 1 is 1.07 bits per heavy atom. The zero-order valence-electron chi connectivity index (χ0n) is 10.4. The quantitative estimate of drug-likeness (QED) is 0.712. The van der Waals surface area contributed by atoms with E-state index in [1.807, 2.05) is 0 Å². The standard InChI is InChI=1S/C14H23N/c1-12(2)14(10-11-15(3)4)13-8-6-5-7-9-13/h5-9,12,14H,10-11H2,1-4H3/t14-/m0/s1. The average molecular weight is 205 g/mol. The number of nitrogens with zero attached hydrogens (tertiary/aromatic N) is 1. The van der Waals surface area contributed by atoms with Gasteiger partial charge in [0.1, 0.15) is 0 Å². The lowest BCUT2D eigenvalue weighted by molar-refractivity contribution is 0.352. The largest absolute Gasteiger partial charge is 0.309 e. The first-order valence-corrected chi connectivity index (χ1v) is 5.81. The van der Waals surface area contributed by atoms with Gasteiger partial charge >= 0.3 is 0 Å². The van der Waals surface area contributed by atoms with Gasteiger partial charge in [0.2, 0.25) is 0 Å². The first kappa shape index (κ1) is 12.3. The van der Waals surface area contributed by atoms with Crippen LogP contribution in [0, 0.1) is 5.92 Å². The molecule has 0 N–H and O–H groups in total. The van der Waals surface area contributed by atoms with Crippen LogP contribution in [0.15, 0.2) is 30.3 Å². The molecule has 0 unspecified atom stereocenters. The minimum Gasteiger partial charge on any atom is -0.309 e. The highest BCUT2D eigenvalue weighted by Gasteiger charge is 2.15. The van der Waals surface area contributed by atoms with Crippen LogP contribution in [0.1, 0.15) is 31.7 Å². The van der Waals surface area contributed by atoms with Crippen molar-refractivity contribution >= 4 is 0 Å². The summed E-state index contributed by atoms with van der Waals surface area (Å²) in [5, 5.41) is 0. The third-order valence-corrected chi connectivity index (χ3v) is 2.92. The first-order valence-electron chi connectivity index (χ1n) is 5.81. The van der Waals surface area contributed by atoms with Gasteiger partial charge in [0, 0.05) is 0 Å². The molecule has 15 heavy (non-hydrogen) atoms. The predicted molar refractivity (Wildman–Crippen MR) is 67.2 cm³/mol. The number of benzene rings is 1. The number of rotatable bonds is 5. The van der Waals surface area contributed by atoms with Crippen molar-refractivity contribution in [1.82, 2.24) is 4.90 Å². The molecule has 1 aromatic rings. The van der Waals surface area contributed by atoms with Gasteiger partial charge in [-0.1, -0.05) is 44.2 Å². The van der Waals surface area contributed by atoms with Crippen molar-refractivity contribution in [2.75, 3.05) is 20.6 Å². The van der Waals surface area contributed by atoms with E-state index in [0.29, 0.717) is 11.8 Å². The Labute approximate surface area is 94.1 Å². The Morgan fingerprint density at radius 2 is 1.67 bits per heavy atom. The minimum absolute atomic E-state index is 0.689. The van der Waals surface area contributed by atoms with E-state index in [9.17, 15) is 0 Å². The Bertz CT molecular complexity index is 264. The van der Waals surface area contributed by atoms with Crippen molar-refractivity contribution in [2.45, 2.75) is 26.2 Å². The monoisotopic (exact) mass is 205 g/mol. The highest BCUT2D eigenvalue weighted by atomic mass is 15.0. The summed E-state index contributed by atoms with van der Waals surface area (Å²) in [6, 6.07) is 10.9. The molecule has 1 nitrogen and oxygen atoms in total. The normalized spacial score (nSPS) is 13.5. The molecule has 1 heteroatoms. The summed E-state index contributed by atoms with van der Waals surface area (Å²) >= 11 is 0. The summed E-state index contributed by atoms with van der Waals surface area (Å²) in [5.74, 6) is 1.40. The summed E-state index contributed by atoms with van der Waals surface area (Å²) in [6.07, 6.45) is 1.24. The molecule has 1 atom stereocenters. The van der Waals surface area contributed by atoms with Gasteiger partial charge in [0.15, 0.2) is 0 Å². The molecule has 0 fully saturated rings. The highest BCUT2D eigenvalue weighted by Crippen LogP contribution is 2.27. The molecule has 0 bridgehead atoms. The van der Waals surface area contributed by atoms with Crippen LogP contribution in [0.5, 0.6) is 0 Å². The smallest absolute Gasteiger partial charge is 0.00189 e. The van der Waals surface area contributed by atoms with Crippen molar-refractivity contribution in [1.29, 1.82) is 0 Å².